The van der Waals surface area contributed by atoms with Crippen molar-refractivity contribution >= 4 is 30.5 Å². The second-order valence-corrected chi connectivity index (χ2v) is 11.5. The molecule has 2 N–H and O–H groups in total. The van der Waals surface area contributed by atoms with Gasteiger partial charge in [-0.05, 0) is 85.4 Å². The molecule has 0 aliphatic carbocycles. The van der Waals surface area contributed by atoms with Crippen molar-refractivity contribution in [2.45, 2.75) is 111 Å². The van der Waals surface area contributed by atoms with Crippen LogP contribution in [0.5, 0.6) is 0 Å². The quantitative estimate of drug-likeness (QED) is 0.406. The Morgan fingerprint density at radius 2 is 1.66 bits per heavy atom. The van der Waals surface area contributed by atoms with Crippen molar-refractivity contribution in [3.8, 4) is 0 Å². The molecule has 1 rings (SSSR count). The molecule has 0 saturated carbocycles. The maximum absolute atomic E-state index is 14.0. The first kappa shape index (κ1) is 30.8. The molecule has 0 saturated heterocycles. The normalized spacial score (nSPS) is 14.5. The molecule has 1 aromatic carbocycles. The van der Waals surface area contributed by atoms with Gasteiger partial charge in [-0.3, -0.25) is 9.59 Å². The van der Waals surface area contributed by atoms with Crippen LogP contribution < -0.4 is 10.6 Å². The molecule has 1 aromatic rings. The fourth-order valence-corrected chi connectivity index (χ4v) is 4.19. The highest BCUT2D eigenvalue weighted by atomic mass is 32.1. The third kappa shape index (κ3) is 9.06. The Morgan fingerprint density at radius 1 is 1.06 bits per heavy atom. The first-order valence-electron chi connectivity index (χ1n) is 12.3. The van der Waals surface area contributed by atoms with Crippen molar-refractivity contribution in [2.75, 3.05) is 5.75 Å². The van der Waals surface area contributed by atoms with Crippen LogP contribution in [0.25, 0.3) is 0 Å². The molecular formula is C27H45N3O4S. The summed E-state index contributed by atoms with van der Waals surface area (Å²) in [5, 5.41) is 5.75. The summed E-state index contributed by atoms with van der Waals surface area (Å²) in [6.45, 7) is 18.9. The van der Waals surface area contributed by atoms with Gasteiger partial charge < -0.3 is 20.3 Å². The lowest BCUT2D eigenvalue weighted by Gasteiger charge is -2.43. The molecule has 7 nitrogen and oxygen atoms in total. The SMILES string of the molecule is CCCC(C)NC(=O)C(c1cccc(C)c1C)N(C(=O)C(CS)NC(=O)OC(C)(C)C)C(C)(C)C. The van der Waals surface area contributed by atoms with Crippen LogP contribution >= 0.6 is 12.6 Å². The van der Waals surface area contributed by atoms with Gasteiger partial charge in [0.05, 0.1) is 0 Å². The molecule has 3 atom stereocenters. The van der Waals surface area contributed by atoms with E-state index in [4.69, 9.17) is 4.74 Å². The highest BCUT2D eigenvalue weighted by Gasteiger charge is 2.42. The molecule has 0 aliphatic rings. The van der Waals surface area contributed by atoms with Crippen LogP contribution in [0.15, 0.2) is 18.2 Å². The summed E-state index contributed by atoms with van der Waals surface area (Å²) >= 11 is 4.34. The van der Waals surface area contributed by atoms with Crippen molar-refractivity contribution in [1.29, 1.82) is 0 Å². The van der Waals surface area contributed by atoms with E-state index in [-0.39, 0.29) is 17.7 Å². The standard InChI is InChI=1S/C27H45N3O4S/c1-11-13-18(3)28-23(31)22(20-15-12-14-17(2)19(20)4)30(26(5,6)7)24(32)21(16-35)29-25(33)34-27(8,9)10/h12,14-15,18,21-22,35H,11,13,16H2,1-10H3,(H,28,31)(H,29,33). The van der Waals surface area contributed by atoms with E-state index in [0.717, 1.165) is 29.5 Å². The van der Waals surface area contributed by atoms with E-state index in [9.17, 15) is 14.4 Å². The van der Waals surface area contributed by atoms with Gasteiger partial charge in [-0.25, -0.2) is 4.79 Å². The summed E-state index contributed by atoms with van der Waals surface area (Å²) < 4.78 is 5.36. The highest BCUT2D eigenvalue weighted by Crippen LogP contribution is 2.33. The van der Waals surface area contributed by atoms with Crippen molar-refractivity contribution in [1.82, 2.24) is 15.5 Å². The number of alkyl carbamates (subject to hydrolysis) is 1. The number of hydrogen-bond donors (Lipinski definition) is 3. The molecule has 0 aliphatic heterocycles. The van der Waals surface area contributed by atoms with Crippen molar-refractivity contribution < 1.29 is 19.1 Å². The van der Waals surface area contributed by atoms with Crippen LogP contribution in [0.1, 0.15) is 91.0 Å². The molecule has 0 aromatic heterocycles. The Hall–Kier alpha value is -2.22. The minimum Gasteiger partial charge on any atom is -0.444 e. The smallest absolute Gasteiger partial charge is 0.408 e. The number of carbonyl (C=O) groups is 3. The monoisotopic (exact) mass is 507 g/mol. The summed E-state index contributed by atoms with van der Waals surface area (Å²) in [5.41, 5.74) is 1.28. The third-order valence-corrected chi connectivity index (χ3v) is 6.05. The number of carbonyl (C=O) groups excluding carboxylic acids is 3. The van der Waals surface area contributed by atoms with E-state index in [1.807, 2.05) is 59.7 Å². The number of benzene rings is 1. The van der Waals surface area contributed by atoms with Gasteiger partial charge in [0.15, 0.2) is 0 Å². The van der Waals surface area contributed by atoms with Gasteiger partial charge >= 0.3 is 6.09 Å². The third-order valence-electron chi connectivity index (χ3n) is 5.69. The molecular weight excluding hydrogens is 462 g/mol. The topological polar surface area (TPSA) is 87.7 Å². The van der Waals surface area contributed by atoms with Gasteiger partial charge in [-0.2, -0.15) is 12.6 Å². The Labute approximate surface area is 217 Å². The molecule has 3 unspecified atom stereocenters. The zero-order valence-electron chi connectivity index (χ0n) is 23.1. The number of ether oxygens (including phenoxy) is 1. The number of nitrogens with one attached hydrogen (secondary N) is 2. The Balaban J connectivity index is 3.56. The summed E-state index contributed by atoms with van der Waals surface area (Å²) in [7, 11) is 0. The maximum Gasteiger partial charge on any atom is 0.408 e. The second kappa shape index (κ2) is 12.7. The number of hydrogen-bond acceptors (Lipinski definition) is 5. The van der Waals surface area contributed by atoms with Gasteiger partial charge in [0.1, 0.15) is 17.7 Å². The number of rotatable bonds is 9. The van der Waals surface area contributed by atoms with Gasteiger partial charge in [0.25, 0.3) is 0 Å². The fourth-order valence-electron chi connectivity index (χ4n) is 3.94. The molecule has 198 valence electrons. The van der Waals surface area contributed by atoms with Gasteiger partial charge in [-0.1, -0.05) is 31.5 Å². The van der Waals surface area contributed by atoms with Crippen LogP contribution in [0.2, 0.25) is 0 Å². The average Bonchev–Trinajstić information content (AvgIpc) is 2.69. The molecule has 0 spiro atoms. The number of thiol groups is 1. The average molecular weight is 508 g/mol. The fraction of sp³-hybridized carbons (Fsp3) is 0.667. The van der Waals surface area contributed by atoms with E-state index < -0.39 is 35.2 Å². The molecule has 0 radical (unpaired) electrons. The Bertz CT molecular complexity index is 889. The zero-order chi connectivity index (χ0) is 27.1. The van der Waals surface area contributed by atoms with Crippen molar-refractivity contribution in [3.05, 3.63) is 34.9 Å². The van der Waals surface area contributed by atoms with E-state index in [1.54, 1.807) is 25.7 Å². The Kier molecular flexibility index (Phi) is 11.1. The predicted octanol–water partition coefficient (Wildman–Crippen LogP) is 5.10. The maximum atomic E-state index is 14.0. The summed E-state index contributed by atoms with van der Waals surface area (Å²) in [6, 6.07) is 3.87. The first-order chi connectivity index (χ1) is 16.0. The number of aryl methyl sites for hydroxylation is 1. The lowest BCUT2D eigenvalue weighted by atomic mass is 9.91. The molecule has 0 heterocycles. The number of amides is 3. The largest absolute Gasteiger partial charge is 0.444 e. The van der Waals surface area contributed by atoms with Crippen molar-refractivity contribution in [3.63, 3.8) is 0 Å². The van der Waals surface area contributed by atoms with Crippen LogP contribution in [-0.2, 0) is 14.3 Å². The van der Waals surface area contributed by atoms with E-state index in [0.29, 0.717) is 0 Å². The van der Waals surface area contributed by atoms with Gasteiger partial charge in [-0.15, -0.1) is 0 Å². The lowest BCUT2D eigenvalue weighted by Crippen LogP contribution is -2.59. The number of nitrogens with zero attached hydrogens (tertiary/aromatic N) is 1. The van der Waals surface area contributed by atoms with Crippen molar-refractivity contribution in [2.24, 2.45) is 0 Å². The molecule has 3 amide bonds. The van der Waals surface area contributed by atoms with Gasteiger partial charge in [0, 0.05) is 17.3 Å². The van der Waals surface area contributed by atoms with E-state index in [1.165, 1.54) is 0 Å². The van der Waals surface area contributed by atoms with Crippen LogP contribution in [-0.4, -0.2) is 51.8 Å². The zero-order valence-corrected chi connectivity index (χ0v) is 24.0. The summed E-state index contributed by atoms with van der Waals surface area (Å²) in [6.07, 6.45) is 1.05. The summed E-state index contributed by atoms with van der Waals surface area (Å²) in [5.74, 6) is -0.599. The highest BCUT2D eigenvalue weighted by molar-refractivity contribution is 7.80. The first-order valence-corrected chi connectivity index (χ1v) is 13.0. The second-order valence-electron chi connectivity index (χ2n) is 11.2. The Morgan fingerprint density at radius 3 is 2.14 bits per heavy atom. The molecule has 8 heteroatoms. The molecule has 0 fully saturated rings. The van der Waals surface area contributed by atoms with E-state index >= 15 is 0 Å². The van der Waals surface area contributed by atoms with Gasteiger partial charge in [0.2, 0.25) is 11.8 Å². The van der Waals surface area contributed by atoms with E-state index in [2.05, 4.69) is 30.2 Å². The molecule has 35 heavy (non-hydrogen) atoms. The van der Waals surface area contributed by atoms with Crippen LogP contribution in [0, 0.1) is 13.8 Å². The molecule has 0 bridgehead atoms. The van der Waals surface area contributed by atoms with Crippen LogP contribution in [0.3, 0.4) is 0 Å². The van der Waals surface area contributed by atoms with Crippen LogP contribution in [0.4, 0.5) is 4.79 Å². The predicted molar refractivity (Wildman–Crippen MR) is 145 cm³/mol. The minimum atomic E-state index is -0.971. The minimum absolute atomic E-state index is 0.0439. The lowest BCUT2D eigenvalue weighted by molar-refractivity contribution is -0.148. The summed E-state index contributed by atoms with van der Waals surface area (Å²) in [4.78, 5) is 41.8.